The summed E-state index contributed by atoms with van der Waals surface area (Å²) in [7, 11) is 0. The third-order valence-electron chi connectivity index (χ3n) is 5.13. The Morgan fingerprint density at radius 3 is 2.32 bits per heavy atom. The molecule has 0 spiro atoms. The summed E-state index contributed by atoms with van der Waals surface area (Å²) >= 11 is 5.98. The average molecular weight is 478 g/mol. The molecule has 9 heteroatoms. The summed E-state index contributed by atoms with van der Waals surface area (Å²) in [6.07, 6.45) is -0.0753. The highest BCUT2D eigenvalue weighted by molar-refractivity contribution is 6.34. The lowest BCUT2D eigenvalue weighted by Crippen LogP contribution is -2.41. The van der Waals surface area contributed by atoms with Gasteiger partial charge in [0.2, 0.25) is 17.6 Å². The first kappa shape index (κ1) is 23.0. The lowest BCUT2D eigenvalue weighted by atomic mass is 10.1. The van der Waals surface area contributed by atoms with Crippen molar-refractivity contribution in [2.75, 3.05) is 22.6 Å². The van der Waals surface area contributed by atoms with Gasteiger partial charge in [0.05, 0.1) is 28.4 Å². The maximum Gasteiger partial charge on any atom is 0.338 e. The molecule has 0 bridgehead atoms. The molecule has 1 aliphatic rings. The van der Waals surface area contributed by atoms with E-state index in [2.05, 4.69) is 16.0 Å². The van der Waals surface area contributed by atoms with Gasteiger partial charge < -0.3 is 20.7 Å². The zero-order valence-electron chi connectivity index (χ0n) is 17.8. The molecule has 1 heterocycles. The van der Waals surface area contributed by atoms with Gasteiger partial charge in [0, 0.05) is 11.3 Å². The van der Waals surface area contributed by atoms with Crippen molar-refractivity contribution in [2.45, 2.75) is 12.5 Å². The van der Waals surface area contributed by atoms with E-state index >= 15 is 0 Å². The summed E-state index contributed by atoms with van der Waals surface area (Å²) in [6, 6.07) is 19.1. The van der Waals surface area contributed by atoms with Crippen molar-refractivity contribution in [3.05, 3.63) is 88.9 Å². The number of rotatable bonds is 7. The number of anilines is 3. The van der Waals surface area contributed by atoms with E-state index in [4.69, 9.17) is 16.3 Å². The Morgan fingerprint density at radius 2 is 1.59 bits per heavy atom. The van der Waals surface area contributed by atoms with Crippen LogP contribution < -0.4 is 16.0 Å². The molecule has 0 saturated carbocycles. The predicted octanol–water partition coefficient (Wildman–Crippen LogP) is 4.14. The first-order chi connectivity index (χ1) is 16.4. The van der Waals surface area contributed by atoms with Crippen molar-refractivity contribution in [3.63, 3.8) is 0 Å². The van der Waals surface area contributed by atoms with E-state index in [1.807, 2.05) is 18.2 Å². The van der Waals surface area contributed by atoms with Gasteiger partial charge in [-0.15, -0.1) is 0 Å². The van der Waals surface area contributed by atoms with Gasteiger partial charge in [0.1, 0.15) is 6.04 Å². The van der Waals surface area contributed by atoms with Crippen molar-refractivity contribution in [2.24, 2.45) is 0 Å². The Kier molecular flexibility index (Phi) is 6.89. The van der Waals surface area contributed by atoms with Crippen LogP contribution in [0.15, 0.2) is 72.8 Å². The Labute approximate surface area is 200 Å². The molecule has 3 aromatic carbocycles. The first-order valence-electron chi connectivity index (χ1n) is 10.4. The summed E-state index contributed by atoms with van der Waals surface area (Å²) in [4.78, 5) is 49.1. The largest absolute Gasteiger partial charge is 0.454 e. The van der Waals surface area contributed by atoms with Crippen molar-refractivity contribution >= 4 is 52.2 Å². The summed E-state index contributed by atoms with van der Waals surface area (Å²) in [6.45, 7) is -0.444. The average Bonchev–Trinajstić information content (AvgIpc) is 2.83. The molecule has 1 aliphatic heterocycles. The van der Waals surface area contributed by atoms with Gasteiger partial charge in [0.15, 0.2) is 6.61 Å². The Balaban J connectivity index is 1.29. The third-order valence-corrected chi connectivity index (χ3v) is 5.46. The minimum atomic E-state index is -0.709. The highest BCUT2D eigenvalue weighted by atomic mass is 35.5. The highest BCUT2D eigenvalue weighted by Gasteiger charge is 2.27. The fraction of sp³-hybridized carbons (Fsp3) is 0.120. The molecule has 0 saturated heterocycles. The Hall–Kier alpha value is -4.17. The van der Waals surface area contributed by atoms with Crippen LogP contribution in [0, 0.1) is 0 Å². The normalized spacial score (nSPS) is 14.3. The third kappa shape index (κ3) is 5.41. The summed E-state index contributed by atoms with van der Waals surface area (Å²) < 4.78 is 5.07. The summed E-state index contributed by atoms with van der Waals surface area (Å²) in [5.41, 5.74) is 2.36. The van der Waals surface area contributed by atoms with Gasteiger partial charge in [-0.05, 0) is 48.5 Å². The van der Waals surface area contributed by atoms with E-state index < -0.39 is 24.4 Å². The quantitative estimate of drug-likeness (QED) is 0.348. The van der Waals surface area contributed by atoms with Crippen LogP contribution in [-0.2, 0) is 14.3 Å². The molecule has 2 amide bonds. The molecule has 1 atom stereocenters. The minimum absolute atomic E-state index is 0.0753. The molecule has 3 aromatic rings. The topological polar surface area (TPSA) is 114 Å². The molecule has 8 nitrogen and oxygen atoms in total. The number of carbonyl (C=O) groups excluding carboxylic acids is 4. The number of benzene rings is 3. The maximum atomic E-state index is 12.4. The number of hydrogen-bond acceptors (Lipinski definition) is 6. The second-order valence-corrected chi connectivity index (χ2v) is 7.95. The molecule has 0 aromatic heterocycles. The molecule has 0 aliphatic carbocycles. The maximum absolute atomic E-state index is 12.4. The second kappa shape index (κ2) is 10.2. The number of ketones is 1. The Bertz CT molecular complexity index is 1260. The van der Waals surface area contributed by atoms with Gasteiger partial charge in [-0.25, -0.2) is 4.79 Å². The number of halogens is 1. The molecule has 4 rings (SSSR count). The number of carbonyl (C=O) groups is 4. The molecule has 0 unspecified atom stereocenters. The van der Waals surface area contributed by atoms with Crippen LogP contribution in [-0.4, -0.2) is 36.2 Å². The number of Topliss-reactive ketones (excluding diaryl/α,β-unsaturated/α-hetero) is 1. The van der Waals surface area contributed by atoms with E-state index in [0.29, 0.717) is 11.4 Å². The van der Waals surface area contributed by atoms with Crippen LogP contribution in [0.25, 0.3) is 0 Å². The van der Waals surface area contributed by atoms with Gasteiger partial charge in [-0.2, -0.15) is 0 Å². The predicted molar refractivity (Wildman–Crippen MR) is 128 cm³/mol. The number of esters is 1. The fourth-order valence-corrected chi connectivity index (χ4v) is 3.64. The molecular weight excluding hydrogens is 458 g/mol. The van der Waals surface area contributed by atoms with Crippen LogP contribution in [0.4, 0.5) is 17.1 Å². The standard InChI is InChI=1S/C25H20ClN3O5/c26-18-6-2-1-5-17(18)22(30)14-34-25(33)15-9-11-16(12-10-15)27-23(31)13-21-24(32)29-20-8-4-3-7-19(20)28-21/h1-12,21,28H,13-14H2,(H,27,31)(H,29,32)/t21-/m0/s1. The van der Waals surface area contributed by atoms with E-state index in [1.165, 1.54) is 24.3 Å². The molecule has 34 heavy (non-hydrogen) atoms. The van der Waals surface area contributed by atoms with Crippen molar-refractivity contribution in [1.29, 1.82) is 0 Å². The number of ether oxygens (including phenoxy) is 1. The van der Waals surface area contributed by atoms with E-state index in [1.54, 1.807) is 30.3 Å². The highest BCUT2D eigenvalue weighted by Crippen LogP contribution is 2.27. The zero-order valence-corrected chi connectivity index (χ0v) is 18.6. The van der Waals surface area contributed by atoms with Gasteiger partial charge in [0.25, 0.3) is 0 Å². The Morgan fingerprint density at radius 1 is 0.912 bits per heavy atom. The monoisotopic (exact) mass is 477 g/mol. The van der Waals surface area contributed by atoms with Crippen LogP contribution in [0.3, 0.4) is 0 Å². The van der Waals surface area contributed by atoms with Crippen LogP contribution in [0.1, 0.15) is 27.1 Å². The number of amides is 2. The number of fused-ring (bicyclic) bond motifs is 1. The molecule has 172 valence electrons. The minimum Gasteiger partial charge on any atom is -0.454 e. The molecular formula is C25H20ClN3O5. The van der Waals surface area contributed by atoms with E-state index in [0.717, 1.165) is 5.69 Å². The van der Waals surface area contributed by atoms with Gasteiger partial charge >= 0.3 is 5.97 Å². The fourth-order valence-electron chi connectivity index (χ4n) is 3.40. The summed E-state index contributed by atoms with van der Waals surface area (Å²) in [5.74, 6) is -1.75. The smallest absolute Gasteiger partial charge is 0.338 e. The van der Waals surface area contributed by atoms with Crippen molar-refractivity contribution in [1.82, 2.24) is 0 Å². The van der Waals surface area contributed by atoms with Crippen molar-refractivity contribution < 1.29 is 23.9 Å². The van der Waals surface area contributed by atoms with Crippen LogP contribution >= 0.6 is 11.6 Å². The van der Waals surface area contributed by atoms with Gasteiger partial charge in [-0.1, -0.05) is 35.9 Å². The lowest BCUT2D eigenvalue weighted by Gasteiger charge is -2.26. The SMILES string of the molecule is O=C(C[C@@H]1Nc2ccccc2NC1=O)Nc1ccc(C(=O)OCC(=O)c2ccccc2Cl)cc1. The number of nitrogens with one attached hydrogen (secondary N) is 3. The second-order valence-electron chi connectivity index (χ2n) is 7.54. The zero-order chi connectivity index (χ0) is 24.1. The summed E-state index contributed by atoms with van der Waals surface area (Å²) in [5, 5.41) is 8.81. The molecule has 0 fully saturated rings. The van der Waals surface area contributed by atoms with Crippen LogP contribution in [0.5, 0.6) is 0 Å². The van der Waals surface area contributed by atoms with Crippen molar-refractivity contribution in [3.8, 4) is 0 Å². The molecule has 0 radical (unpaired) electrons. The first-order valence-corrected chi connectivity index (χ1v) is 10.8. The lowest BCUT2D eigenvalue weighted by molar-refractivity contribution is -0.122. The van der Waals surface area contributed by atoms with E-state index in [-0.39, 0.29) is 34.4 Å². The molecule has 3 N–H and O–H groups in total. The van der Waals surface area contributed by atoms with E-state index in [9.17, 15) is 19.2 Å². The van der Waals surface area contributed by atoms with Gasteiger partial charge in [-0.3, -0.25) is 14.4 Å². The number of hydrogen-bond donors (Lipinski definition) is 3. The number of para-hydroxylation sites is 2. The van der Waals surface area contributed by atoms with Crippen LogP contribution in [0.2, 0.25) is 5.02 Å².